The van der Waals surface area contributed by atoms with Gasteiger partial charge in [-0.05, 0) is 50.2 Å². The second-order valence-corrected chi connectivity index (χ2v) is 9.41. The van der Waals surface area contributed by atoms with Crippen molar-refractivity contribution in [3.63, 3.8) is 0 Å². The molecule has 0 saturated carbocycles. The lowest BCUT2D eigenvalue weighted by Gasteiger charge is -2.20. The van der Waals surface area contributed by atoms with Crippen LogP contribution in [0.15, 0.2) is 39.6 Å². The number of hydrogen-bond acceptors (Lipinski definition) is 5. The second kappa shape index (κ2) is 11.0. The zero-order valence-corrected chi connectivity index (χ0v) is 18.9. The molecule has 0 unspecified atom stereocenters. The Morgan fingerprint density at radius 3 is 2.24 bits per heavy atom. The molecule has 1 aromatic carbocycles. The minimum absolute atomic E-state index is 0.0470. The van der Waals surface area contributed by atoms with Crippen LogP contribution in [-0.4, -0.2) is 45.4 Å². The summed E-state index contributed by atoms with van der Waals surface area (Å²) in [6, 6.07) is 7.42. The maximum absolute atomic E-state index is 12.7. The van der Waals surface area contributed by atoms with Gasteiger partial charge in [-0.2, -0.15) is 0 Å². The SMILES string of the molecule is CCCN(CCC)CCNC(=O)c1ccc(CS(=O)(=O)c2c(Cl)cccc2Cl)o1. The Bertz CT molecular complexity index is 902. The third-order valence-corrected chi connectivity index (χ3v) is 6.82. The van der Waals surface area contributed by atoms with Crippen LogP contribution in [-0.2, 0) is 15.6 Å². The van der Waals surface area contributed by atoms with Gasteiger partial charge >= 0.3 is 0 Å². The Morgan fingerprint density at radius 2 is 1.66 bits per heavy atom. The van der Waals surface area contributed by atoms with Crippen molar-refractivity contribution in [1.82, 2.24) is 10.2 Å². The standard InChI is InChI=1S/C20H26Cl2N2O4S/c1-3-11-24(12-4-2)13-10-23-20(25)18-9-8-15(28-18)14-29(26,27)19-16(21)6-5-7-17(19)22/h5-9H,3-4,10-14H2,1-2H3,(H,23,25). The minimum atomic E-state index is -3.82. The van der Waals surface area contributed by atoms with Gasteiger partial charge in [-0.25, -0.2) is 8.42 Å². The Balaban J connectivity index is 1.99. The van der Waals surface area contributed by atoms with E-state index in [0.29, 0.717) is 6.54 Å². The summed E-state index contributed by atoms with van der Waals surface area (Å²) < 4.78 is 30.8. The summed E-state index contributed by atoms with van der Waals surface area (Å²) in [7, 11) is -3.82. The van der Waals surface area contributed by atoms with Gasteiger partial charge in [0.2, 0.25) is 0 Å². The molecule has 0 radical (unpaired) electrons. The summed E-state index contributed by atoms with van der Waals surface area (Å²) in [4.78, 5) is 14.4. The number of halogens is 2. The number of nitrogens with zero attached hydrogens (tertiary/aromatic N) is 1. The number of furan rings is 1. The van der Waals surface area contributed by atoms with E-state index >= 15 is 0 Å². The first-order valence-electron chi connectivity index (χ1n) is 9.54. The van der Waals surface area contributed by atoms with Crippen molar-refractivity contribution in [3.05, 3.63) is 51.9 Å². The van der Waals surface area contributed by atoms with E-state index in [1.807, 2.05) is 0 Å². The van der Waals surface area contributed by atoms with Crippen LogP contribution < -0.4 is 5.32 Å². The van der Waals surface area contributed by atoms with Gasteiger partial charge in [0.15, 0.2) is 15.6 Å². The fourth-order valence-electron chi connectivity index (χ4n) is 3.00. The molecule has 9 heteroatoms. The summed E-state index contributed by atoms with van der Waals surface area (Å²) in [6.45, 7) is 7.45. The number of carbonyl (C=O) groups excluding carboxylic acids is 1. The topological polar surface area (TPSA) is 79.6 Å². The molecular formula is C20H26Cl2N2O4S. The van der Waals surface area contributed by atoms with Gasteiger partial charge in [-0.1, -0.05) is 43.1 Å². The normalized spacial score (nSPS) is 11.8. The van der Waals surface area contributed by atoms with Crippen LogP contribution in [0.5, 0.6) is 0 Å². The first-order valence-corrected chi connectivity index (χ1v) is 11.9. The molecule has 0 aliphatic rings. The highest BCUT2D eigenvalue weighted by Gasteiger charge is 2.24. The molecule has 0 bridgehead atoms. The molecule has 0 spiro atoms. The van der Waals surface area contributed by atoms with E-state index in [0.717, 1.165) is 32.5 Å². The molecule has 0 saturated heterocycles. The number of nitrogens with one attached hydrogen (secondary N) is 1. The van der Waals surface area contributed by atoms with Gasteiger partial charge in [-0.15, -0.1) is 0 Å². The van der Waals surface area contributed by atoms with Crippen LogP contribution in [0.25, 0.3) is 0 Å². The summed E-state index contributed by atoms with van der Waals surface area (Å²) >= 11 is 12.0. The first-order chi connectivity index (χ1) is 13.8. The van der Waals surface area contributed by atoms with E-state index in [1.54, 1.807) is 6.07 Å². The van der Waals surface area contributed by atoms with E-state index in [9.17, 15) is 13.2 Å². The van der Waals surface area contributed by atoms with Gasteiger partial charge in [0.1, 0.15) is 16.4 Å². The van der Waals surface area contributed by atoms with E-state index in [2.05, 4.69) is 24.1 Å². The zero-order chi connectivity index (χ0) is 21.4. The van der Waals surface area contributed by atoms with Gasteiger partial charge in [0.25, 0.3) is 5.91 Å². The van der Waals surface area contributed by atoms with Crippen LogP contribution in [0.3, 0.4) is 0 Å². The quantitative estimate of drug-likeness (QED) is 0.536. The van der Waals surface area contributed by atoms with Crippen LogP contribution in [0.2, 0.25) is 10.0 Å². The Morgan fingerprint density at radius 1 is 1.03 bits per heavy atom. The summed E-state index contributed by atoms with van der Waals surface area (Å²) in [5, 5.41) is 2.90. The molecule has 2 rings (SSSR count). The van der Waals surface area contributed by atoms with E-state index in [4.69, 9.17) is 27.6 Å². The molecular weight excluding hydrogens is 435 g/mol. The van der Waals surface area contributed by atoms with Crippen LogP contribution >= 0.6 is 23.2 Å². The summed E-state index contributed by atoms with van der Waals surface area (Å²) in [5.74, 6) is -0.607. The van der Waals surface area contributed by atoms with E-state index in [-0.39, 0.29) is 32.4 Å². The number of sulfone groups is 1. The van der Waals surface area contributed by atoms with Gasteiger partial charge in [-0.3, -0.25) is 4.79 Å². The van der Waals surface area contributed by atoms with Crippen molar-refractivity contribution in [2.24, 2.45) is 0 Å². The number of carbonyl (C=O) groups is 1. The molecule has 1 aromatic heterocycles. The van der Waals surface area contributed by atoms with Gasteiger partial charge < -0.3 is 14.6 Å². The first kappa shape index (κ1) is 23.7. The lowest BCUT2D eigenvalue weighted by Crippen LogP contribution is -2.35. The van der Waals surface area contributed by atoms with Crippen molar-refractivity contribution in [1.29, 1.82) is 0 Å². The van der Waals surface area contributed by atoms with E-state index in [1.165, 1.54) is 24.3 Å². The maximum Gasteiger partial charge on any atom is 0.287 e. The lowest BCUT2D eigenvalue weighted by atomic mass is 10.3. The Kier molecular flexibility index (Phi) is 9.02. The molecule has 29 heavy (non-hydrogen) atoms. The molecule has 0 fully saturated rings. The summed E-state index contributed by atoms with van der Waals surface area (Å²) in [5.41, 5.74) is 0. The number of hydrogen-bond donors (Lipinski definition) is 1. The van der Waals surface area contributed by atoms with Crippen molar-refractivity contribution in [3.8, 4) is 0 Å². The molecule has 1 N–H and O–H groups in total. The van der Waals surface area contributed by atoms with Crippen LogP contribution in [0.4, 0.5) is 0 Å². The molecule has 0 aliphatic heterocycles. The highest BCUT2D eigenvalue weighted by atomic mass is 35.5. The third-order valence-electron chi connectivity index (χ3n) is 4.24. The monoisotopic (exact) mass is 460 g/mol. The molecule has 1 heterocycles. The molecule has 0 atom stereocenters. The predicted octanol–water partition coefficient (Wildman–Crippen LogP) is 4.41. The Labute approximate surface area is 182 Å². The average Bonchev–Trinajstić information content (AvgIpc) is 3.09. The molecule has 160 valence electrons. The van der Waals surface area contributed by atoms with Crippen LogP contribution in [0.1, 0.15) is 43.0 Å². The minimum Gasteiger partial charge on any atom is -0.455 e. The van der Waals surface area contributed by atoms with Crippen LogP contribution in [0, 0.1) is 0 Å². The highest BCUT2D eigenvalue weighted by molar-refractivity contribution is 7.90. The van der Waals surface area contributed by atoms with Gasteiger partial charge in [0, 0.05) is 13.1 Å². The second-order valence-electron chi connectivity index (χ2n) is 6.67. The predicted molar refractivity (Wildman–Crippen MR) is 115 cm³/mol. The largest absolute Gasteiger partial charge is 0.455 e. The molecule has 6 nitrogen and oxygen atoms in total. The molecule has 2 aromatic rings. The van der Waals surface area contributed by atoms with Crippen molar-refractivity contribution in [2.45, 2.75) is 37.3 Å². The average molecular weight is 461 g/mol. The maximum atomic E-state index is 12.7. The fraction of sp³-hybridized carbons (Fsp3) is 0.450. The van der Waals surface area contributed by atoms with Gasteiger partial charge in [0.05, 0.1) is 10.0 Å². The van der Waals surface area contributed by atoms with Crippen molar-refractivity contribution in [2.75, 3.05) is 26.2 Å². The number of amides is 1. The Hall–Kier alpha value is -1.54. The summed E-state index contributed by atoms with van der Waals surface area (Å²) in [6.07, 6.45) is 2.11. The zero-order valence-electron chi connectivity index (χ0n) is 16.6. The fourth-order valence-corrected chi connectivity index (χ4v) is 5.51. The molecule has 1 amide bonds. The smallest absolute Gasteiger partial charge is 0.287 e. The number of rotatable bonds is 11. The van der Waals surface area contributed by atoms with Crippen molar-refractivity contribution >= 4 is 38.9 Å². The number of benzene rings is 1. The van der Waals surface area contributed by atoms with Crippen molar-refractivity contribution < 1.29 is 17.6 Å². The third kappa shape index (κ3) is 6.74. The highest BCUT2D eigenvalue weighted by Crippen LogP contribution is 2.31. The lowest BCUT2D eigenvalue weighted by molar-refractivity contribution is 0.0919. The van der Waals surface area contributed by atoms with E-state index < -0.39 is 15.6 Å². The molecule has 0 aliphatic carbocycles.